The van der Waals surface area contributed by atoms with Gasteiger partial charge in [0.25, 0.3) is 0 Å². The van der Waals surface area contributed by atoms with Gasteiger partial charge in [0.2, 0.25) is 6.41 Å². The highest BCUT2D eigenvalue weighted by Gasteiger charge is 2.03. The molecular formula is C10H11NO4. The Bertz CT molecular complexity index is 376. The zero-order chi connectivity index (χ0) is 11.3. The molecule has 5 nitrogen and oxygen atoms in total. The van der Waals surface area contributed by atoms with Crippen LogP contribution >= 0.6 is 0 Å². The van der Waals surface area contributed by atoms with Crippen LogP contribution in [0, 0.1) is 0 Å². The Kier molecular flexibility index (Phi) is 3.68. The number of carbonyl (C=O) groups excluding carboxylic acids is 2. The molecule has 0 unspecified atom stereocenters. The van der Waals surface area contributed by atoms with Crippen molar-refractivity contribution in [2.45, 2.75) is 13.5 Å². The van der Waals surface area contributed by atoms with Gasteiger partial charge < -0.3 is 15.2 Å². The van der Waals surface area contributed by atoms with Crippen LogP contribution in [0.5, 0.6) is 5.75 Å². The third-order valence-corrected chi connectivity index (χ3v) is 1.72. The molecule has 0 heterocycles. The van der Waals surface area contributed by atoms with Crippen molar-refractivity contribution in [3.63, 3.8) is 0 Å². The first-order chi connectivity index (χ1) is 7.13. The molecule has 80 valence electrons. The summed E-state index contributed by atoms with van der Waals surface area (Å²) in [5.74, 6) is -0.415. The van der Waals surface area contributed by atoms with E-state index < -0.39 is 0 Å². The summed E-state index contributed by atoms with van der Waals surface area (Å²) in [7, 11) is 0. The SMILES string of the molecule is CC(=O)OCc1ccc(O)c(NC=O)c1. The van der Waals surface area contributed by atoms with Gasteiger partial charge in [-0.25, -0.2) is 0 Å². The van der Waals surface area contributed by atoms with Crippen LogP contribution in [0.3, 0.4) is 0 Å². The first-order valence-corrected chi connectivity index (χ1v) is 4.29. The molecule has 15 heavy (non-hydrogen) atoms. The predicted octanol–water partition coefficient (Wildman–Crippen LogP) is 1.02. The Morgan fingerprint density at radius 2 is 2.33 bits per heavy atom. The monoisotopic (exact) mass is 209 g/mol. The van der Waals surface area contributed by atoms with Gasteiger partial charge in [-0.05, 0) is 17.7 Å². The number of esters is 1. The van der Waals surface area contributed by atoms with Crippen molar-refractivity contribution in [2.75, 3.05) is 5.32 Å². The van der Waals surface area contributed by atoms with Gasteiger partial charge in [0.05, 0.1) is 5.69 Å². The molecule has 1 rings (SSSR count). The first kappa shape index (κ1) is 11.0. The van der Waals surface area contributed by atoms with Gasteiger partial charge >= 0.3 is 5.97 Å². The topological polar surface area (TPSA) is 75.6 Å². The number of phenols is 1. The molecule has 2 N–H and O–H groups in total. The van der Waals surface area contributed by atoms with Gasteiger partial charge in [0.15, 0.2) is 0 Å². The molecule has 0 spiro atoms. The van der Waals surface area contributed by atoms with Crippen LogP contribution in [0.4, 0.5) is 5.69 Å². The van der Waals surface area contributed by atoms with Gasteiger partial charge in [-0.3, -0.25) is 9.59 Å². The van der Waals surface area contributed by atoms with Crippen molar-refractivity contribution in [3.05, 3.63) is 23.8 Å². The van der Waals surface area contributed by atoms with Gasteiger partial charge in [-0.2, -0.15) is 0 Å². The third kappa shape index (κ3) is 3.30. The van der Waals surface area contributed by atoms with Gasteiger partial charge in [-0.1, -0.05) is 6.07 Å². The summed E-state index contributed by atoms with van der Waals surface area (Å²) in [6.45, 7) is 1.42. The van der Waals surface area contributed by atoms with Crippen LogP contribution in [0.1, 0.15) is 12.5 Å². The van der Waals surface area contributed by atoms with E-state index in [0.717, 1.165) is 0 Å². The van der Waals surface area contributed by atoms with E-state index in [1.165, 1.54) is 19.1 Å². The van der Waals surface area contributed by atoms with Crippen LogP contribution in [0.25, 0.3) is 0 Å². The molecule has 0 aliphatic carbocycles. The summed E-state index contributed by atoms with van der Waals surface area (Å²) >= 11 is 0. The summed E-state index contributed by atoms with van der Waals surface area (Å²) in [6.07, 6.45) is 0.463. The van der Waals surface area contributed by atoms with E-state index in [2.05, 4.69) is 5.32 Å². The first-order valence-electron chi connectivity index (χ1n) is 4.29. The van der Waals surface area contributed by atoms with E-state index in [4.69, 9.17) is 4.74 Å². The molecule has 0 saturated heterocycles. The fourth-order valence-electron chi connectivity index (χ4n) is 1.04. The lowest BCUT2D eigenvalue weighted by Gasteiger charge is -2.06. The lowest BCUT2D eigenvalue weighted by molar-refractivity contribution is -0.142. The Morgan fingerprint density at radius 1 is 1.60 bits per heavy atom. The zero-order valence-corrected chi connectivity index (χ0v) is 8.19. The fourth-order valence-corrected chi connectivity index (χ4v) is 1.04. The summed E-state index contributed by atoms with van der Waals surface area (Å²) in [5.41, 5.74) is 0.974. The number of nitrogens with one attached hydrogen (secondary N) is 1. The molecular weight excluding hydrogens is 198 g/mol. The predicted molar refractivity (Wildman–Crippen MR) is 53.3 cm³/mol. The molecule has 0 saturated carbocycles. The normalized spacial score (nSPS) is 9.40. The minimum Gasteiger partial charge on any atom is -0.506 e. The van der Waals surface area contributed by atoms with Crippen LogP contribution in [-0.4, -0.2) is 17.5 Å². The molecule has 0 aliphatic rings. The Balaban J connectivity index is 2.77. The number of ether oxygens (including phenoxy) is 1. The standard InChI is InChI=1S/C10H11NO4/c1-7(13)15-5-8-2-3-10(14)9(4-8)11-6-12/h2-4,6,14H,5H2,1H3,(H,11,12). The van der Waals surface area contributed by atoms with Crippen LogP contribution in [-0.2, 0) is 20.9 Å². The van der Waals surface area contributed by atoms with Crippen molar-refractivity contribution < 1.29 is 19.4 Å². The van der Waals surface area contributed by atoms with Gasteiger partial charge in [-0.15, -0.1) is 0 Å². The minimum absolute atomic E-state index is 0.0336. The fraction of sp³-hybridized carbons (Fsp3) is 0.200. The minimum atomic E-state index is -0.382. The van der Waals surface area contributed by atoms with Crippen molar-refractivity contribution in [1.29, 1.82) is 0 Å². The molecule has 0 atom stereocenters. The Labute approximate surface area is 86.7 Å². The van der Waals surface area contributed by atoms with E-state index in [0.29, 0.717) is 12.0 Å². The summed E-state index contributed by atoms with van der Waals surface area (Å²) < 4.78 is 4.76. The maximum Gasteiger partial charge on any atom is 0.302 e. The molecule has 0 aromatic heterocycles. The zero-order valence-electron chi connectivity index (χ0n) is 8.19. The molecule has 0 radical (unpaired) electrons. The number of aromatic hydroxyl groups is 1. The van der Waals surface area contributed by atoms with E-state index in [9.17, 15) is 14.7 Å². The molecule has 1 aromatic rings. The quantitative estimate of drug-likeness (QED) is 0.441. The number of phenolic OH excluding ortho intramolecular Hbond substituents is 1. The van der Waals surface area contributed by atoms with Gasteiger partial charge in [0, 0.05) is 6.92 Å². The maximum atomic E-state index is 10.6. The highest BCUT2D eigenvalue weighted by Crippen LogP contribution is 2.23. The van der Waals surface area contributed by atoms with Gasteiger partial charge in [0.1, 0.15) is 12.4 Å². The smallest absolute Gasteiger partial charge is 0.302 e. The number of rotatable bonds is 4. The molecule has 1 amide bonds. The maximum absolute atomic E-state index is 10.6. The lowest BCUT2D eigenvalue weighted by Crippen LogP contribution is -2.00. The molecule has 0 aliphatic heterocycles. The second-order valence-corrected chi connectivity index (χ2v) is 2.89. The molecule has 0 bridgehead atoms. The Morgan fingerprint density at radius 3 is 2.93 bits per heavy atom. The van der Waals surface area contributed by atoms with E-state index >= 15 is 0 Å². The van der Waals surface area contributed by atoms with E-state index in [1.807, 2.05) is 0 Å². The third-order valence-electron chi connectivity index (χ3n) is 1.72. The van der Waals surface area contributed by atoms with E-state index in [1.54, 1.807) is 6.07 Å². The van der Waals surface area contributed by atoms with E-state index in [-0.39, 0.29) is 24.0 Å². The van der Waals surface area contributed by atoms with Crippen molar-refractivity contribution >= 4 is 18.1 Å². The number of amides is 1. The molecule has 5 heteroatoms. The van der Waals surface area contributed by atoms with Crippen molar-refractivity contribution in [1.82, 2.24) is 0 Å². The average molecular weight is 209 g/mol. The highest BCUT2D eigenvalue weighted by atomic mass is 16.5. The summed E-state index contributed by atoms with van der Waals surface area (Å²) in [5, 5.41) is 11.6. The Hall–Kier alpha value is -2.04. The summed E-state index contributed by atoms with van der Waals surface area (Å²) in [6, 6.07) is 4.56. The number of hydrogen-bond donors (Lipinski definition) is 2. The number of anilines is 1. The number of hydrogen-bond acceptors (Lipinski definition) is 4. The van der Waals surface area contributed by atoms with Crippen LogP contribution < -0.4 is 5.32 Å². The van der Waals surface area contributed by atoms with Crippen LogP contribution in [0.15, 0.2) is 18.2 Å². The molecule has 1 aromatic carbocycles. The lowest BCUT2D eigenvalue weighted by atomic mass is 10.2. The second kappa shape index (κ2) is 4.99. The van der Waals surface area contributed by atoms with Crippen molar-refractivity contribution in [3.8, 4) is 5.75 Å². The van der Waals surface area contributed by atoms with Crippen molar-refractivity contribution in [2.24, 2.45) is 0 Å². The molecule has 0 fully saturated rings. The number of carbonyl (C=O) groups is 2. The largest absolute Gasteiger partial charge is 0.506 e. The van der Waals surface area contributed by atoms with Crippen LogP contribution in [0.2, 0.25) is 0 Å². The average Bonchev–Trinajstić information content (AvgIpc) is 2.19. The summed E-state index contributed by atoms with van der Waals surface area (Å²) in [4.78, 5) is 20.7. The highest BCUT2D eigenvalue weighted by molar-refractivity contribution is 5.75. The second-order valence-electron chi connectivity index (χ2n) is 2.89. The number of benzene rings is 1.